The molecule has 7 aromatic carbocycles. The van der Waals surface area contributed by atoms with Crippen molar-refractivity contribution in [3.8, 4) is 66.8 Å². The molecule has 0 saturated carbocycles. The van der Waals surface area contributed by atoms with Crippen molar-refractivity contribution in [3.63, 3.8) is 0 Å². The first-order chi connectivity index (χ1) is 26.1. The topological polar surface area (TPSA) is 0 Å². The van der Waals surface area contributed by atoms with Gasteiger partial charge in [-0.2, -0.15) is 0 Å². The second kappa shape index (κ2) is 15.0. The van der Waals surface area contributed by atoms with Crippen molar-refractivity contribution >= 4 is 20.5 Å². The molecule has 275 valence electrons. The number of benzene rings is 7. The molecule has 0 fully saturated rings. The van der Waals surface area contributed by atoms with Crippen LogP contribution in [0.1, 0.15) is 70.8 Å². The van der Waals surface area contributed by atoms with Gasteiger partial charge in [0.25, 0.3) is 0 Å². The number of rotatable bonds is 6. The Hall–Kier alpha value is -4.94. The standard InChI is InChI=1S/C54H53Se/c1-32-16-12-17-33(2)49(32)42-24-40(25-43(28-42)50-34(3)18-13-19-35(50)4)47-30-46(54(9,10)11)31-48(53(47)55)41-26-44(51-36(5)20-14-21-37(51)6)29-45(27-41)52-38(7)22-15-23-39(52)8/h12-31H,1-11H3. The molecule has 0 nitrogen and oxygen atoms in total. The number of hydrogen-bond donors (Lipinski definition) is 0. The molecule has 0 aliphatic heterocycles. The quantitative estimate of drug-likeness (QED) is 0.147. The van der Waals surface area contributed by atoms with Crippen LogP contribution in [-0.4, -0.2) is 16.0 Å². The molecule has 0 spiro atoms. The summed E-state index contributed by atoms with van der Waals surface area (Å²) < 4.78 is 1.17. The van der Waals surface area contributed by atoms with Crippen LogP contribution in [-0.2, 0) is 5.41 Å². The Bertz CT molecular complexity index is 2220. The van der Waals surface area contributed by atoms with Crippen molar-refractivity contribution in [1.29, 1.82) is 0 Å². The molecule has 1 radical (unpaired) electrons. The fourth-order valence-corrected chi connectivity index (χ4v) is 9.46. The molecule has 0 aliphatic carbocycles. The SMILES string of the molecule is Cc1cccc(C)c1-c1cc(-c2cc(C(C)(C)C)cc(-c3cc(-c4c(C)cccc4C)cc(-c4c(C)cccc4C)c3)c2[Se])cc(-c2c(C)cccc2C)c1. The van der Waals surface area contributed by atoms with Gasteiger partial charge in [0, 0.05) is 0 Å². The van der Waals surface area contributed by atoms with Crippen LogP contribution in [0, 0.1) is 55.4 Å². The Labute approximate surface area is 338 Å². The van der Waals surface area contributed by atoms with Gasteiger partial charge in [0.05, 0.1) is 0 Å². The summed E-state index contributed by atoms with van der Waals surface area (Å²) in [5, 5.41) is 0. The Morgan fingerprint density at radius 2 is 0.545 bits per heavy atom. The Morgan fingerprint density at radius 1 is 0.327 bits per heavy atom. The molecule has 0 heterocycles. The molecule has 0 unspecified atom stereocenters. The van der Waals surface area contributed by atoms with Gasteiger partial charge in [-0.05, 0) is 0 Å². The zero-order valence-corrected chi connectivity index (χ0v) is 36.2. The van der Waals surface area contributed by atoms with Crippen molar-refractivity contribution in [2.24, 2.45) is 0 Å². The van der Waals surface area contributed by atoms with Crippen molar-refractivity contribution in [3.05, 3.63) is 171 Å². The summed E-state index contributed by atoms with van der Waals surface area (Å²) in [6.07, 6.45) is 0. The molecule has 0 saturated heterocycles. The molecule has 0 amide bonds. The van der Waals surface area contributed by atoms with Crippen LogP contribution in [0.3, 0.4) is 0 Å². The van der Waals surface area contributed by atoms with E-state index in [1.807, 2.05) is 0 Å². The van der Waals surface area contributed by atoms with Gasteiger partial charge in [-0.1, -0.05) is 0 Å². The monoisotopic (exact) mass is 781 g/mol. The third-order valence-corrected chi connectivity index (χ3v) is 12.4. The van der Waals surface area contributed by atoms with Gasteiger partial charge >= 0.3 is 340 Å². The van der Waals surface area contributed by atoms with Crippen LogP contribution in [0.25, 0.3) is 66.8 Å². The van der Waals surface area contributed by atoms with Gasteiger partial charge in [0.15, 0.2) is 0 Å². The van der Waals surface area contributed by atoms with Crippen LogP contribution in [0.4, 0.5) is 0 Å². The van der Waals surface area contributed by atoms with Crippen LogP contribution >= 0.6 is 0 Å². The molecule has 0 N–H and O–H groups in total. The van der Waals surface area contributed by atoms with E-state index in [0.29, 0.717) is 0 Å². The fourth-order valence-electron chi connectivity index (χ4n) is 8.71. The minimum absolute atomic E-state index is 0.0729. The van der Waals surface area contributed by atoms with E-state index in [4.69, 9.17) is 0 Å². The molecule has 1 heteroatoms. The zero-order valence-electron chi connectivity index (χ0n) is 34.5. The Balaban J connectivity index is 1.57. The molecular weight excluding hydrogens is 728 g/mol. The van der Waals surface area contributed by atoms with Crippen LogP contribution in [0.5, 0.6) is 0 Å². The third kappa shape index (κ3) is 7.41. The summed E-state index contributed by atoms with van der Waals surface area (Å²) in [6.45, 7) is 24.9. The van der Waals surface area contributed by atoms with Gasteiger partial charge in [-0.3, -0.25) is 0 Å². The first-order valence-electron chi connectivity index (χ1n) is 19.5. The van der Waals surface area contributed by atoms with Gasteiger partial charge in [0.2, 0.25) is 0 Å². The van der Waals surface area contributed by atoms with E-state index in [2.05, 4.69) is 214 Å². The van der Waals surface area contributed by atoms with Gasteiger partial charge in [-0.15, -0.1) is 0 Å². The summed E-state index contributed by atoms with van der Waals surface area (Å²) in [4.78, 5) is 0. The predicted molar refractivity (Wildman–Crippen MR) is 241 cm³/mol. The zero-order chi connectivity index (χ0) is 39.3. The Morgan fingerprint density at radius 3 is 0.764 bits per heavy atom. The van der Waals surface area contributed by atoms with E-state index in [-0.39, 0.29) is 5.41 Å². The molecule has 7 aromatic rings. The van der Waals surface area contributed by atoms with E-state index >= 15 is 0 Å². The summed E-state index contributed by atoms with van der Waals surface area (Å²) in [6, 6.07) is 46.0. The second-order valence-electron chi connectivity index (χ2n) is 16.8. The molecular formula is C54H53Se. The average molecular weight is 781 g/mol. The Kier molecular flexibility index (Phi) is 10.4. The molecule has 0 bridgehead atoms. The van der Waals surface area contributed by atoms with Crippen molar-refractivity contribution in [2.75, 3.05) is 0 Å². The third-order valence-electron chi connectivity index (χ3n) is 11.5. The molecule has 0 aromatic heterocycles. The van der Waals surface area contributed by atoms with E-state index in [9.17, 15) is 0 Å². The normalized spacial score (nSPS) is 11.6. The average Bonchev–Trinajstić information content (AvgIpc) is 3.11. The summed E-state index contributed by atoms with van der Waals surface area (Å²) in [5.74, 6) is 0. The predicted octanol–water partition coefficient (Wildman–Crippen LogP) is 14.2. The van der Waals surface area contributed by atoms with Crippen molar-refractivity contribution in [2.45, 2.75) is 81.6 Å². The molecule has 7 rings (SSSR count). The van der Waals surface area contributed by atoms with Gasteiger partial charge in [-0.25, -0.2) is 0 Å². The van der Waals surface area contributed by atoms with Crippen LogP contribution in [0.2, 0.25) is 0 Å². The molecule has 0 aliphatic rings. The van der Waals surface area contributed by atoms with Crippen molar-refractivity contribution in [1.82, 2.24) is 0 Å². The van der Waals surface area contributed by atoms with Gasteiger partial charge < -0.3 is 0 Å². The van der Waals surface area contributed by atoms with E-state index < -0.39 is 0 Å². The van der Waals surface area contributed by atoms with Crippen LogP contribution < -0.4 is 4.46 Å². The minimum atomic E-state index is -0.0729. The number of hydrogen-bond acceptors (Lipinski definition) is 0. The summed E-state index contributed by atoms with van der Waals surface area (Å²) >= 11 is 3.64. The first kappa shape index (κ1) is 38.3. The summed E-state index contributed by atoms with van der Waals surface area (Å²) in [7, 11) is 0. The summed E-state index contributed by atoms with van der Waals surface area (Å²) in [5.41, 5.74) is 26.7. The maximum absolute atomic E-state index is 3.64. The number of aryl methyl sites for hydroxylation is 8. The second-order valence-corrected chi connectivity index (χ2v) is 17.7. The van der Waals surface area contributed by atoms with E-state index in [1.165, 1.54) is 121 Å². The molecule has 55 heavy (non-hydrogen) atoms. The van der Waals surface area contributed by atoms with E-state index in [1.54, 1.807) is 0 Å². The van der Waals surface area contributed by atoms with Gasteiger partial charge in [0.1, 0.15) is 0 Å². The van der Waals surface area contributed by atoms with Crippen LogP contribution in [0.15, 0.2) is 121 Å². The van der Waals surface area contributed by atoms with E-state index in [0.717, 1.165) is 0 Å². The molecule has 0 atom stereocenters. The maximum atomic E-state index is 3.64. The first-order valence-corrected chi connectivity index (χ1v) is 20.4. The fraction of sp³-hybridized carbons (Fsp3) is 0.222. The van der Waals surface area contributed by atoms with Crippen molar-refractivity contribution < 1.29 is 0 Å².